The van der Waals surface area contributed by atoms with E-state index in [0.29, 0.717) is 13.2 Å². The molecular formula is C14H22N2O2. The Bertz CT molecular complexity index is 348. The fourth-order valence-electron chi connectivity index (χ4n) is 2.21. The van der Waals surface area contributed by atoms with E-state index in [-0.39, 0.29) is 0 Å². The summed E-state index contributed by atoms with van der Waals surface area (Å²) in [6.45, 7) is 3.74. The van der Waals surface area contributed by atoms with Crippen molar-refractivity contribution in [2.75, 3.05) is 32.8 Å². The third-order valence-corrected chi connectivity index (χ3v) is 3.59. The average molecular weight is 250 g/mol. The fraction of sp³-hybridized carbons (Fsp3) is 0.571. The average Bonchev–Trinajstić information content (AvgIpc) is 2.42. The number of benzene rings is 1. The summed E-state index contributed by atoms with van der Waals surface area (Å²) in [4.78, 5) is 2.31. The van der Waals surface area contributed by atoms with Crippen LogP contribution >= 0.6 is 0 Å². The Labute approximate surface area is 108 Å². The van der Waals surface area contributed by atoms with E-state index in [1.807, 2.05) is 30.3 Å². The summed E-state index contributed by atoms with van der Waals surface area (Å²) in [5.41, 5.74) is 4.92. The van der Waals surface area contributed by atoms with E-state index in [2.05, 4.69) is 4.90 Å². The van der Waals surface area contributed by atoms with E-state index in [4.69, 9.17) is 10.5 Å². The van der Waals surface area contributed by atoms with E-state index in [0.717, 1.165) is 38.2 Å². The van der Waals surface area contributed by atoms with Gasteiger partial charge in [0.15, 0.2) is 0 Å². The summed E-state index contributed by atoms with van der Waals surface area (Å²) in [6.07, 6.45) is 1.52. The van der Waals surface area contributed by atoms with Gasteiger partial charge in [0.2, 0.25) is 0 Å². The molecule has 4 heteroatoms. The first-order chi connectivity index (χ1) is 8.72. The number of para-hydroxylation sites is 1. The maximum Gasteiger partial charge on any atom is 0.119 e. The van der Waals surface area contributed by atoms with Crippen LogP contribution in [0.5, 0.6) is 5.75 Å². The zero-order valence-corrected chi connectivity index (χ0v) is 10.7. The van der Waals surface area contributed by atoms with Crippen molar-refractivity contribution >= 4 is 0 Å². The van der Waals surface area contributed by atoms with Crippen LogP contribution in [-0.2, 0) is 0 Å². The molecule has 0 atom stereocenters. The molecule has 1 aliphatic rings. The van der Waals surface area contributed by atoms with Gasteiger partial charge in [-0.1, -0.05) is 18.2 Å². The van der Waals surface area contributed by atoms with Gasteiger partial charge in [0, 0.05) is 26.2 Å². The minimum atomic E-state index is -0.642. The molecule has 0 amide bonds. The lowest BCUT2D eigenvalue weighted by atomic mass is 9.92. The summed E-state index contributed by atoms with van der Waals surface area (Å²) in [5.74, 6) is 0.910. The third-order valence-electron chi connectivity index (χ3n) is 3.59. The monoisotopic (exact) mass is 250 g/mol. The maximum absolute atomic E-state index is 10.0. The van der Waals surface area contributed by atoms with Gasteiger partial charge in [-0.2, -0.15) is 0 Å². The molecule has 1 aliphatic heterocycles. The molecule has 0 radical (unpaired) electrons. The zero-order valence-electron chi connectivity index (χ0n) is 10.7. The molecule has 2 rings (SSSR count). The molecule has 1 heterocycles. The Morgan fingerprint density at radius 2 is 1.89 bits per heavy atom. The SMILES string of the molecule is NCC1(O)CCN(CCOc2ccccc2)CC1. The highest BCUT2D eigenvalue weighted by atomic mass is 16.5. The van der Waals surface area contributed by atoms with E-state index in [1.54, 1.807) is 0 Å². The van der Waals surface area contributed by atoms with Gasteiger partial charge >= 0.3 is 0 Å². The molecule has 1 saturated heterocycles. The molecule has 1 aromatic rings. The predicted molar refractivity (Wildman–Crippen MR) is 71.6 cm³/mol. The van der Waals surface area contributed by atoms with Crippen molar-refractivity contribution in [3.05, 3.63) is 30.3 Å². The van der Waals surface area contributed by atoms with Gasteiger partial charge in [-0.3, -0.25) is 4.90 Å². The lowest BCUT2D eigenvalue weighted by molar-refractivity contribution is -0.0155. The normalized spacial score (nSPS) is 19.7. The smallest absolute Gasteiger partial charge is 0.119 e. The van der Waals surface area contributed by atoms with E-state index < -0.39 is 5.60 Å². The Balaban J connectivity index is 1.67. The Hall–Kier alpha value is -1.10. The van der Waals surface area contributed by atoms with Crippen LogP contribution in [0.25, 0.3) is 0 Å². The second-order valence-electron chi connectivity index (χ2n) is 4.93. The molecule has 100 valence electrons. The number of nitrogens with two attached hydrogens (primary N) is 1. The third kappa shape index (κ3) is 3.70. The quantitative estimate of drug-likeness (QED) is 0.813. The van der Waals surface area contributed by atoms with Gasteiger partial charge in [0.25, 0.3) is 0 Å². The van der Waals surface area contributed by atoms with E-state index in [1.165, 1.54) is 0 Å². The fourth-order valence-corrected chi connectivity index (χ4v) is 2.21. The number of hydrogen-bond donors (Lipinski definition) is 2. The zero-order chi connectivity index (χ0) is 12.8. The first kappa shape index (κ1) is 13.3. The van der Waals surface area contributed by atoms with Crippen molar-refractivity contribution < 1.29 is 9.84 Å². The lowest BCUT2D eigenvalue weighted by Gasteiger charge is -2.37. The lowest BCUT2D eigenvalue weighted by Crippen LogP contribution is -2.49. The highest BCUT2D eigenvalue weighted by Gasteiger charge is 2.30. The molecule has 18 heavy (non-hydrogen) atoms. The van der Waals surface area contributed by atoms with Crippen molar-refractivity contribution in [3.8, 4) is 5.75 Å². The van der Waals surface area contributed by atoms with Crippen LogP contribution in [-0.4, -0.2) is 48.4 Å². The molecule has 0 aliphatic carbocycles. The van der Waals surface area contributed by atoms with E-state index >= 15 is 0 Å². The first-order valence-corrected chi connectivity index (χ1v) is 6.54. The van der Waals surface area contributed by atoms with Crippen molar-refractivity contribution in [2.24, 2.45) is 5.73 Å². The highest BCUT2D eigenvalue weighted by Crippen LogP contribution is 2.20. The number of aliphatic hydroxyl groups is 1. The number of rotatable bonds is 5. The number of piperidine rings is 1. The largest absolute Gasteiger partial charge is 0.492 e. The molecule has 4 nitrogen and oxygen atoms in total. The van der Waals surface area contributed by atoms with Gasteiger partial charge in [-0.05, 0) is 25.0 Å². The van der Waals surface area contributed by atoms with Gasteiger partial charge in [-0.15, -0.1) is 0 Å². The van der Waals surface area contributed by atoms with Gasteiger partial charge in [0.05, 0.1) is 5.60 Å². The van der Waals surface area contributed by atoms with Gasteiger partial charge in [-0.25, -0.2) is 0 Å². The summed E-state index contributed by atoms with van der Waals surface area (Å²) in [7, 11) is 0. The topological polar surface area (TPSA) is 58.7 Å². The Morgan fingerprint density at radius 1 is 1.22 bits per heavy atom. The van der Waals surface area contributed by atoms with Crippen molar-refractivity contribution in [2.45, 2.75) is 18.4 Å². The molecule has 3 N–H and O–H groups in total. The molecule has 0 spiro atoms. The summed E-state index contributed by atoms with van der Waals surface area (Å²) in [5, 5.41) is 10.0. The molecule has 1 aromatic carbocycles. The second-order valence-corrected chi connectivity index (χ2v) is 4.93. The standard InChI is InChI=1S/C14H22N2O2/c15-12-14(17)6-8-16(9-7-14)10-11-18-13-4-2-1-3-5-13/h1-5,17H,6-12,15H2. The number of nitrogens with zero attached hydrogens (tertiary/aromatic N) is 1. The molecule has 0 bridgehead atoms. The Morgan fingerprint density at radius 3 is 2.50 bits per heavy atom. The van der Waals surface area contributed by atoms with Crippen LogP contribution in [0.15, 0.2) is 30.3 Å². The van der Waals surface area contributed by atoms with Crippen LogP contribution in [0.3, 0.4) is 0 Å². The number of hydrogen-bond acceptors (Lipinski definition) is 4. The Kier molecular flexibility index (Phi) is 4.58. The molecule has 0 unspecified atom stereocenters. The summed E-state index contributed by atoms with van der Waals surface area (Å²) in [6, 6.07) is 9.84. The maximum atomic E-state index is 10.0. The minimum Gasteiger partial charge on any atom is -0.492 e. The molecule has 0 saturated carbocycles. The predicted octanol–water partition coefficient (Wildman–Crippen LogP) is 0.851. The molecule has 0 aromatic heterocycles. The van der Waals surface area contributed by atoms with Crippen LogP contribution in [0.2, 0.25) is 0 Å². The number of ether oxygens (including phenoxy) is 1. The van der Waals surface area contributed by atoms with E-state index in [9.17, 15) is 5.11 Å². The summed E-state index contributed by atoms with van der Waals surface area (Å²) >= 11 is 0. The highest BCUT2D eigenvalue weighted by molar-refractivity contribution is 5.20. The second kappa shape index (κ2) is 6.18. The minimum absolute atomic E-state index is 0.362. The molecule has 1 fully saturated rings. The van der Waals surface area contributed by atoms with Crippen molar-refractivity contribution in [1.29, 1.82) is 0 Å². The van der Waals surface area contributed by atoms with Crippen molar-refractivity contribution in [1.82, 2.24) is 4.90 Å². The van der Waals surface area contributed by atoms with Gasteiger partial charge < -0.3 is 15.6 Å². The van der Waals surface area contributed by atoms with Crippen LogP contribution < -0.4 is 10.5 Å². The van der Waals surface area contributed by atoms with Crippen molar-refractivity contribution in [3.63, 3.8) is 0 Å². The van der Waals surface area contributed by atoms with Gasteiger partial charge in [0.1, 0.15) is 12.4 Å². The molecular weight excluding hydrogens is 228 g/mol. The first-order valence-electron chi connectivity index (χ1n) is 6.54. The van der Waals surface area contributed by atoms with Crippen LogP contribution in [0, 0.1) is 0 Å². The van der Waals surface area contributed by atoms with Crippen LogP contribution in [0.4, 0.5) is 0 Å². The number of likely N-dealkylation sites (tertiary alicyclic amines) is 1. The summed E-state index contributed by atoms with van der Waals surface area (Å²) < 4.78 is 5.66. The van der Waals surface area contributed by atoms with Crippen LogP contribution in [0.1, 0.15) is 12.8 Å².